The molecule has 1 amide bonds. The van der Waals surface area contributed by atoms with E-state index in [1.165, 1.54) is 5.56 Å². The number of rotatable bonds is 10. The van der Waals surface area contributed by atoms with Gasteiger partial charge in [-0.05, 0) is 54.7 Å². The normalized spacial score (nSPS) is 10.9. The molecule has 0 aliphatic carbocycles. The first-order chi connectivity index (χ1) is 16.6. The molecule has 4 aromatic rings. The number of hydrogen-bond acceptors (Lipinski definition) is 4. The molecule has 0 aliphatic heterocycles. The number of carbonyl (C=O) groups excluding carboxylic acids is 1. The van der Waals surface area contributed by atoms with Crippen molar-refractivity contribution in [1.82, 2.24) is 14.7 Å². The van der Waals surface area contributed by atoms with Gasteiger partial charge in [-0.25, -0.2) is 4.98 Å². The number of imidazole rings is 1. The van der Waals surface area contributed by atoms with Crippen LogP contribution in [0.5, 0.6) is 5.75 Å². The van der Waals surface area contributed by atoms with E-state index in [-0.39, 0.29) is 5.91 Å². The summed E-state index contributed by atoms with van der Waals surface area (Å²) in [7, 11) is 3.74. The number of aryl methyl sites for hydroxylation is 2. The number of aromatic nitrogens is 2. The molecular weight excluding hydrogens is 424 g/mol. The van der Waals surface area contributed by atoms with Crippen LogP contribution in [0, 0.1) is 0 Å². The number of anilines is 1. The van der Waals surface area contributed by atoms with Crippen molar-refractivity contribution in [3.8, 4) is 5.75 Å². The Morgan fingerprint density at radius 2 is 1.79 bits per heavy atom. The lowest BCUT2D eigenvalue weighted by Crippen LogP contribution is -2.24. The van der Waals surface area contributed by atoms with E-state index in [1.54, 1.807) is 7.11 Å². The van der Waals surface area contributed by atoms with Gasteiger partial charge in [0.15, 0.2) is 0 Å². The quantitative estimate of drug-likeness (QED) is 0.369. The molecule has 0 fully saturated rings. The van der Waals surface area contributed by atoms with Gasteiger partial charge < -0.3 is 15.0 Å². The van der Waals surface area contributed by atoms with Crippen LogP contribution in [0.2, 0.25) is 0 Å². The van der Waals surface area contributed by atoms with Crippen LogP contribution in [0.1, 0.15) is 40.5 Å². The second-order valence-corrected chi connectivity index (χ2v) is 8.42. The molecule has 0 saturated carbocycles. The standard InChI is InChI=1S/C28H32N4O2/c1-4-25-28(31(2)18-8-11-21-9-6-5-7-10-21)32-20-23(14-17-26(32)30-25)27(33)29-19-22-12-15-24(34-3)16-13-22/h5-7,9-10,12-17,20H,4,8,11,18-19H2,1-3H3,(H,29,33). The van der Waals surface area contributed by atoms with Crippen molar-refractivity contribution < 1.29 is 9.53 Å². The average Bonchev–Trinajstić information content (AvgIpc) is 3.26. The van der Waals surface area contributed by atoms with Crippen LogP contribution in [0.3, 0.4) is 0 Å². The fourth-order valence-corrected chi connectivity index (χ4v) is 4.16. The van der Waals surface area contributed by atoms with Gasteiger partial charge in [0.1, 0.15) is 17.2 Å². The second-order valence-electron chi connectivity index (χ2n) is 8.42. The van der Waals surface area contributed by atoms with Crippen LogP contribution in [0.4, 0.5) is 5.82 Å². The predicted octanol–water partition coefficient (Wildman–Crippen LogP) is 4.90. The SMILES string of the molecule is CCc1nc2ccc(C(=O)NCc3ccc(OC)cc3)cn2c1N(C)CCCc1ccccc1. The molecular formula is C28H32N4O2. The summed E-state index contributed by atoms with van der Waals surface area (Å²) in [6, 6.07) is 22.0. The lowest BCUT2D eigenvalue weighted by molar-refractivity contribution is 0.0950. The predicted molar refractivity (Wildman–Crippen MR) is 137 cm³/mol. The molecule has 0 radical (unpaired) electrons. The largest absolute Gasteiger partial charge is 0.497 e. The molecule has 0 aliphatic rings. The van der Waals surface area contributed by atoms with Crippen molar-refractivity contribution in [2.75, 3.05) is 25.6 Å². The van der Waals surface area contributed by atoms with Gasteiger partial charge in [0.2, 0.25) is 0 Å². The Balaban J connectivity index is 1.47. The number of fused-ring (bicyclic) bond motifs is 1. The minimum absolute atomic E-state index is 0.109. The van der Waals surface area contributed by atoms with Gasteiger partial charge in [0.25, 0.3) is 5.91 Å². The highest BCUT2D eigenvalue weighted by Crippen LogP contribution is 2.24. The van der Waals surface area contributed by atoms with Crippen molar-refractivity contribution in [1.29, 1.82) is 0 Å². The summed E-state index contributed by atoms with van der Waals surface area (Å²) >= 11 is 0. The van der Waals surface area contributed by atoms with Gasteiger partial charge in [0.05, 0.1) is 18.4 Å². The number of amides is 1. The Morgan fingerprint density at radius 3 is 2.50 bits per heavy atom. The molecule has 0 unspecified atom stereocenters. The molecule has 34 heavy (non-hydrogen) atoms. The van der Waals surface area contributed by atoms with Crippen molar-refractivity contribution >= 4 is 17.4 Å². The summed E-state index contributed by atoms with van der Waals surface area (Å²) in [6.07, 6.45) is 4.80. The van der Waals surface area contributed by atoms with Gasteiger partial charge in [-0.1, -0.05) is 49.4 Å². The Labute approximate surface area is 201 Å². The highest BCUT2D eigenvalue weighted by atomic mass is 16.5. The first-order valence-corrected chi connectivity index (χ1v) is 11.8. The van der Waals surface area contributed by atoms with Crippen LogP contribution in [0.25, 0.3) is 5.65 Å². The number of carbonyl (C=O) groups is 1. The van der Waals surface area contributed by atoms with Crippen LogP contribution in [-0.4, -0.2) is 36.0 Å². The third-order valence-corrected chi connectivity index (χ3v) is 6.04. The fourth-order valence-electron chi connectivity index (χ4n) is 4.16. The Hall–Kier alpha value is -3.80. The maximum Gasteiger partial charge on any atom is 0.253 e. The topological polar surface area (TPSA) is 58.9 Å². The Kier molecular flexibility index (Phi) is 7.48. The van der Waals surface area contributed by atoms with E-state index in [0.717, 1.165) is 54.3 Å². The van der Waals surface area contributed by atoms with Gasteiger partial charge in [-0.2, -0.15) is 0 Å². The zero-order valence-electron chi connectivity index (χ0n) is 20.1. The zero-order chi connectivity index (χ0) is 23.9. The van der Waals surface area contributed by atoms with Crippen molar-refractivity contribution in [3.05, 3.63) is 95.3 Å². The molecule has 4 rings (SSSR count). The number of nitrogens with one attached hydrogen (secondary N) is 1. The Morgan fingerprint density at radius 1 is 1.03 bits per heavy atom. The summed E-state index contributed by atoms with van der Waals surface area (Å²) in [5.74, 6) is 1.74. The highest BCUT2D eigenvalue weighted by molar-refractivity contribution is 5.94. The van der Waals surface area contributed by atoms with E-state index in [4.69, 9.17) is 9.72 Å². The number of ether oxygens (including phenoxy) is 1. The second kappa shape index (κ2) is 10.9. The molecule has 6 nitrogen and oxygen atoms in total. The van der Waals surface area contributed by atoms with Gasteiger partial charge in [-0.3, -0.25) is 9.20 Å². The minimum atomic E-state index is -0.109. The molecule has 6 heteroatoms. The summed E-state index contributed by atoms with van der Waals surface area (Å²) in [5.41, 5.74) is 4.87. The molecule has 2 heterocycles. The maximum absolute atomic E-state index is 12.9. The van der Waals surface area contributed by atoms with Crippen molar-refractivity contribution in [2.45, 2.75) is 32.7 Å². The molecule has 2 aromatic heterocycles. The van der Waals surface area contributed by atoms with E-state index in [2.05, 4.69) is 48.5 Å². The van der Waals surface area contributed by atoms with E-state index in [1.807, 2.05) is 53.1 Å². The number of benzene rings is 2. The van der Waals surface area contributed by atoms with E-state index < -0.39 is 0 Å². The fraction of sp³-hybridized carbons (Fsp3) is 0.286. The van der Waals surface area contributed by atoms with E-state index in [9.17, 15) is 4.79 Å². The van der Waals surface area contributed by atoms with Gasteiger partial charge in [0, 0.05) is 26.3 Å². The van der Waals surface area contributed by atoms with Gasteiger partial charge >= 0.3 is 0 Å². The molecule has 0 saturated heterocycles. The molecule has 176 valence electrons. The maximum atomic E-state index is 12.9. The molecule has 0 atom stereocenters. The van der Waals surface area contributed by atoms with Crippen LogP contribution in [-0.2, 0) is 19.4 Å². The number of methoxy groups -OCH3 is 1. The van der Waals surface area contributed by atoms with Crippen molar-refractivity contribution in [2.24, 2.45) is 0 Å². The van der Waals surface area contributed by atoms with Crippen LogP contribution >= 0.6 is 0 Å². The van der Waals surface area contributed by atoms with E-state index in [0.29, 0.717) is 12.1 Å². The average molecular weight is 457 g/mol. The smallest absolute Gasteiger partial charge is 0.253 e. The molecule has 0 bridgehead atoms. The monoisotopic (exact) mass is 456 g/mol. The summed E-state index contributed by atoms with van der Waals surface area (Å²) < 4.78 is 7.24. The highest BCUT2D eigenvalue weighted by Gasteiger charge is 2.17. The summed E-state index contributed by atoms with van der Waals surface area (Å²) in [6.45, 7) is 3.48. The third-order valence-electron chi connectivity index (χ3n) is 6.04. The number of pyridine rings is 1. The lowest BCUT2D eigenvalue weighted by Gasteiger charge is -2.20. The van der Waals surface area contributed by atoms with Crippen molar-refractivity contribution in [3.63, 3.8) is 0 Å². The molecule has 2 aromatic carbocycles. The third kappa shape index (κ3) is 5.39. The minimum Gasteiger partial charge on any atom is -0.497 e. The summed E-state index contributed by atoms with van der Waals surface area (Å²) in [4.78, 5) is 19.9. The number of nitrogens with zero attached hydrogens (tertiary/aromatic N) is 3. The number of hydrogen-bond donors (Lipinski definition) is 1. The molecule has 0 spiro atoms. The lowest BCUT2D eigenvalue weighted by atomic mass is 10.1. The Bertz CT molecular complexity index is 1230. The van der Waals surface area contributed by atoms with Gasteiger partial charge in [-0.15, -0.1) is 0 Å². The summed E-state index contributed by atoms with van der Waals surface area (Å²) in [5, 5.41) is 3.01. The van der Waals surface area contributed by atoms with Crippen LogP contribution < -0.4 is 15.0 Å². The van der Waals surface area contributed by atoms with E-state index >= 15 is 0 Å². The van der Waals surface area contributed by atoms with Crippen LogP contribution in [0.15, 0.2) is 72.9 Å². The zero-order valence-corrected chi connectivity index (χ0v) is 20.1. The first-order valence-electron chi connectivity index (χ1n) is 11.8. The molecule has 1 N–H and O–H groups in total. The first kappa shape index (κ1) is 23.4.